The molecule has 1 aliphatic heterocycles. The first kappa shape index (κ1) is 16.0. The van der Waals surface area contributed by atoms with Crippen LogP contribution in [0.2, 0.25) is 0 Å². The normalized spacial score (nSPS) is 21.4. The Kier molecular flexibility index (Phi) is 5.03. The molecule has 3 heteroatoms. The molecule has 21 heavy (non-hydrogen) atoms. The predicted octanol–water partition coefficient (Wildman–Crippen LogP) is 3.14. The SMILES string of the molecule is CNC(C#N)(CCN1CCC(C)(C)CC1)c1ccccc1. The van der Waals surface area contributed by atoms with E-state index in [9.17, 15) is 5.26 Å². The lowest BCUT2D eigenvalue weighted by molar-refractivity contribution is 0.125. The third-order valence-corrected chi connectivity index (χ3v) is 4.90. The van der Waals surface area contributed by atoms with Crippen LogP contribution in [0.5, 0.6) is 0 Å². The van der Waals surface area contributed by atoms with Crippen LogP contribution in [0.1, 0.15) is 38.7 Å². The summed E-state index contributed by atoms with van der Waals surface area (Å²) < 4.78 is 0. The molecule has 0 amide bonds. The van der Waals surface area contributed by atoms with Crippen LogP contribution in [0.25, 0.3) is 0 Å². The van der Waals surface area contributed by atoms with Crippen molar-refractivity contribution in [3.05, 3.63) is 35.9 Å². The number of nitrogens with zero attached hydrogens (tertiary/aromatic N) is 2. The molecule has 0 radical (unpaired) electrons. The number of rotatable bonds is 5. The van der Waals surface area contributed by atoms with Gasteiger partial charge in [0.1, 0.15) is 5.54 Å². The van der Waals surface area contributed by atoms with E-state index in [1.807, 2.05) is 37.4 Å². The van der Waals surface area contributed by atoms with E-state index in [4.69, 9.17) is 0 Å². The summed E-state index contributed by atoms with van der Waals surface area (Å²) in [7, 11) is 1.88. The maximum atomic E-state index is 9.71. The first-order valence-corrected chi connectivity index (χ1v) is 7.89. The van der Waals surface area contributed by atoms with Gasteiger partial charge >= 0.3 is 0 Å². The molecule has 1 aromatic rings. The molecule has 1 saturated heterocycles. The summed E-state index contributed by atoms with van der Waals surface area (Å²) in [6.07, 6.45) is 3.32. The fourth-order valence-electron chi connectivity index (χ4n) is 3.02. The Morgan fingerprint density at radius 1 is 1.24 bits per heavy atom. The van der Waals surface area contributed by atoms with E-state index in [0.717, 1.165) is 31.6 Å². The Bertz CT molecular complexity index is 479. The lowest BCUT2D eigenvalue weighted by Gasteiger charge is -2.38. The first-order chi connectivity index (χ1) is 10.0. The van der Waals surface area contributed by atoms with Crippen LogP contribution >= 0.6 is 0 Å². The average Bonchev–Trinajstić information content (AvgIpc) is 2.51. The van der Waals surface area contributed by atoms with Gasteiger partial charge in [0.2, 0.25) is 0 Å². The second-order valence-electron chi connectivity index (χ2n) is 6.89. The molecule has 1 unspecified atom stereocenters. The molecule has 1 aliphatic rings. The quantitative estimate of drug-likeness (QED) is 0.903. The average molecular weight is 285 g/mol. The number of nitriles is 1. The Morgan fingerprint density at radius 2 is 1.86 bits per heavy atom. The number of hydrogen-bond acceptors (Lipinski definition) is 3. The monoisotopic (exact) mass is 285 g/mol. The van der Waals surface area contributed by atoms with Crippen LogP contribution in [0.3, 0.4) is 0 Å². The van der Waals surface area contributed by atoms with Crippen LogP contribution < -0.4 is 5.32 Å². The van der Waals surface area contributed by atoms with E-state index >= 15 is 0 Å². The minimum atomic E-state index is -0.575. The molecule has 0 aromatic heterocycles. The molecular formula is C18H27N3. The molecule has 2 rings (SSSR count). The Labute approximate surface area is 129 Å². The molecule has 0 aliphatic carbocycles. The Morgan fingerprint density at radius 3 is 2.38 bits per heavy atom. The van der Waals surface area contributed by atoms with Gasteiger partial charge in [-0.1, -0.05) is 44.2 Å². The maximum absolute atomic E-state index is 9.71. The van der Waals surface area contributed by atoms with Crippen molar-refractivity contribution in [2.75, 3.05) is 26.7 Å². The van der Waals surface area contributed by atoms with E-state index in [1.165, 1.54) is 12.8 Å². The van der Waals surface area contributed by atoms with Gasteiger partial charge in [-0.25, -0.2) is 0 Å². The fourth-order valence-corrected chi connectivity index (χ4v) is 3.02. The van der Waals surface area contributed by atoms with Crippen molar-refractivity contribution in [3.63, 3.8) is 0 Å². The number of hydrogen-bond donors (Lipinski definition) is 1. The van der Waals surface area contributed by atoms with E-state index in [1.54, 1.807) is 0 Å². The van der Waals surface area contributed by atoms with Crippen molar-refractivity contribution in [3.8, 4) is 6.07 Å². The second-order valence-corrected chi connectivity index (χ2v) is 6.89. The van der Waals surface area contributed by atoms with Crippen molar-refractivity contribution in [2.24, 2.45) is 5.41 Å². The molecular weight excluding hydrogens is 258 g/mol. The van der Waals surface area contributed by atoms with E-state index in [0.29, 0.717) is 5.41 Å². The molecule has 1 aromatic carbocycles. The molecule has 1 atom stereocenters. The van der Waals surface area contributed by atoms with Gasteiger partial charge in [-0.15, -0.1) is 0 Å². The highest BCUT2D eigenvalue weighted by molar-refractivity contribution is 5.31. The molecule has 1 heterocycles. The van der Waals surface area contributed by atoms with E-state index in [-0.39, 0.29) is 0 Å². The zero-order valence-corrected chi connectivity index (χ0v) is 13.5. The van der Waals surface area contributed by atoms with Crippen molar-refractivity contribution < 1.29 is 0 Å². The topological polar surface area (TPSA) is 39.1 Å². The lowest BCUT2D eigenvalue weighted by atomic mass is 9.82. The van der Waals surface area contributed by atoms with E-state index < -0.39 is 5.54 Å². The molecule has 0 bridgehead atoms. The van der Waals surface area contributed by atoms with Gasteiger partial charge in [-0.2, -0.15) is 5.26 Å². The first-order valence-electron chi connectivity index (χ1n) is 7.89. The summed E-state index contributed by atoms with van der Waals surface area (Å²) in [5.41, 5.74) is 0.965. The van der Waals surface area contributed by atoms with Crippen molar-refractivity contribution in [1.82, 2.24) is 10.2 Å². The zero-order chi connectivity index (χ0) is 15.3. The van der Waals surface area contributed by atoms with Gasteiger partial charge in [0.15, 0.2) is 0 Å². The smallest absolute Gasteiger partial charge is 0.133 e. The lowest BCUT2D eigenvalue weighted by Crippen LogP contribution is -2.44. The highest BCUT2D eigenvalue weighted by Gasteiger charge is 2.32. The molecule has 114 valence electrons. The van der Waals surface area contributed by atoms with Gasteiger partial charge in [0, 0.05) is 6.54 Å². The number of nitrogens with one attached hydrogen (secondary N) is 1. The highest BCUT2D eigenvalue weighted by Crippen LogP contribution is 2.31. The summed E-state index contributed by atoms with van der Waals surface area (Å²) in [4.78, 5) is 2.50. The highest BCUT2D eigenvalue weighted by atomic mass is 15.1. The van der Waals surface area contributed by atoms with Crippen LogP contribution in [0, 0.1) is 16.7 Å². The number of piperidine rings is 1. The number of likely N-dealkylation sites (tertiary alicyclic amines) is 1. The third-order valence-electron chi connectivity index (χ3n) is 4.90. The predicted molar refractivity (Wildman–Crippen MR) is 86.9 cm³/mol. The summed E-state index contributed by atoms with van der Waals surface area (Å²) in [6, 6.07) is 12.6. The fraction of sp³-hybridized carbons (Fsp3) is 0.611. The summed E-state index contributed by atoms with van der Waals surface area (Å²) >= 11 is 0. The summed E-state index contributed by atoms with van der Waals surface area (Å²) in [6.45, 7) is 7.96. The van der Waals surface area contributed by atoms with Crippen LogP contribution in [-0.4, -0.2) is 31.6 Å². The van der Waals surface area contributed by atoms with E-state index in [2.05, 4.69) is 30.1 Å². The minimum Gasteiger partial charge on any atom is -0.303 e. The molecule has 1 N–H and O–H groups in total. The van der Waals surface area contributed by atoms with Gasteiger partial charge in [0.05, 0.1) is 6.07 Å². The minimum absolute atomic E-state index is 0.477. The Balaban J connectivity index is 2.00. The van der Waals surface area contributed by atoms with Crippen molar-refractivity contribution in [1.29, 1.82) is 5.26 Å². The van der Waals surface area contributed by atoms with Gasteiger partial charge in [0.25, 0.3) is 0 Å². The maximum Gasteiger partial charge on any atom is 0.133 e. The van der Waals surface area contributed by atoms with Crippen LogP contribution in [-0.2, 0) is 5.54 Å². The van der Waals surface area contributed by atoms with Crippen LogP contribution in [0.15, 0.2) is 30.3 Å². The van der Waals surface area contributed by atoms with Crippen molar-refractivity contribution in [2.45, 2.75) is 38.6 Å². The van der Waals surface area contributed by atoms with Gasteiger partial charge < -0.3 is 4.90 Å². The van der Waals surface area contributed by atoms with Crippen LogP contribution in [0.4, 0.5) is 0 Å². The summed E-state index contributed by atoms with van der Waals surface area (Å²) in [5.74, 6) is 0. The van der Waals surface area contributed by atoms with Gasteiger partial charge in [-0.05, 0) is 50.4 Å². The van der Waals surface area contributed by atoms with Crippen molar-refractivity contribution >= 4 is 0 Å². The second kappa shape index (κ2) is 6.60. The standard InChI is InChI=1S/C18H27N3/c1-17(2)9-12-21(13-10-17)14-11-18(15-19,20-3)16-7-5-4-6-8-16/h4-8,20H,9-14H2,1-3H3. The molecule has 0 spiro atoms. The van der Waals surface area contributed by atoms with Gasteiger partial charge in [-0.3, -0.25) is 5.32 Å². The largest absolute Gasteiger partial charge is 0.303 e. The molecule has 0 saturated carbocycles. The molecule has 3 nitrogen and oxygen atoms in total. The third kappa shape index (κ3) is 3.84. The molecule has 1 fully saturated rings. The summed E-state index contributed by atoms with van der Waals surface area (Å²) in [5, 5.41) is 13.0. The Hall–Kier alpha value is -1.37. The zero-order valence-electron chi connectivity index (χ0n) is 13.5. The number of benzene rings is 1.